The van der Waals surface area contributed by atoms with Gasteiger partial charge >= 0.3 is 0 Å². The highest BCUT2D eigenvalue weighted by Crippen LogP contribution is 2.27. The molecule has 0 saturated heterocycles. The normalized spacial score (nSPS) is 11.1. The fourth-order valence-corrected chi connectivity index (χ4v) is 3.59. The summed E-state index contributed by atoms with van der Waals surface area (Å²) >= 11 is 5.27. The number of hydrogen-bond donors (Lipinski definition) is 0. The third-order valence-corrected chi connectivity index (χ3v) is 4.65. The number of hydrogen-bond acceptors (Lipinski definition) is 3. The summed E-state index contributed by atoms with van der Waals surface area (Å²) in [6.45, 7) is 4.01. The standard InChI is InChI=1S/C15H16BrN3S/c1-2-18(11-12-6-4-3-5-7-12)14-13(10-16)19-8-9-20-15(19)17-14/h3-9H,2,10-11H2,1H3. The van der Waals surface area contributed by atoms with Crippen molar-refractivity contribution in [3.05, 3.63) is 53.2 Å². The quantitative estimate of drug-likeness (QED) is 0.639. The molecule has 3 aromatic rings. The van der Waals surface area contributed by atoms with Crippen molar-refractivity contribution >= 4 is 38.0 Å². The molecule has 0 aliphatic rings. The molecule has 5 heteroatoms. The number of rotatable bonds is 5. The van der Waals surface area contributed by atoms with Gasteiger partial charge in [0.2, 0.25) is 0 Å². The van der Waals surface area contributed by atoms with Gasteiger partial charge in [-0.05, 0) is 12.5 Å². The van der Waals surface area contributed by atoms with Crippen molar-refractivity contribution in [3.8, 4) is 0 Å². The first kappa shape index (κ1) is 13.6. The Bertz CT molecular complexity index is 690. The summed E-state index contributed by atoms with van der Waals surface area (Å²) in [5.74, 6) is 1.08. The maximum absolute atomic E-state index is 4.79. The van der Waals surface area contributed by atoms with Crippen molar-refractivity contribution in [1.82, 2.24) is 9.38 Å². The van der Waals surface area contributed by atoms with Crippen LogP contribution in [0.4, 0.5) is 5.82 Å². The molecule has 0 radical (unpaired) electrons. The van der Waals surface area contributed by atoms with E-state index in [1.165, 1.54) is 11.3 Å². The van der Waals surface area contributed by atoms with Gasteiger partial charge in [0.15, 0.2) is 10.8 Å². The number of halogens is 1. The molecule has 0 spiro atoms. The number of benzene rings is 1. The average molecular weight is 350 g/mol. The lowest BCUT2D eigenvalue weighted by Crippen LogP contribution is -2.23. The molecule has 20 heavy (non-hydrogen) atoms. The van der Waals surface area contributed by atoms with Gasteiger partial charge in [0.1, 0.15) is 0 Å². The molecule has 0 N–H and O–H groups in total. The van der Waals surface area contributed by atoms with Crippen LogP contribution >= 0.6 is 27.3 Å². The number of alkyl halides is 1. The fraction of sp³-hybridized carbons (Fsp3) is 0.267. The van der Waals surface area contributed by atoms with Crippen molar-refractivity contribution in [1.29, 1.82) is 0 Å². The summed E-state index contributed by atoms with van der Waals surface area (Å²) in [5, 5.41) is 2.89. The monoisotopic (exact) mass is 349 g/mol. The van der Waals surface area contributed by atoms with Crippen molar-refractivity contribution in [2.75, 3.05) is 11.4 Å². The highest BCUT2D eigenvalue weighted by Gasteiger charge is 2.17. The van der Waals surface area contributed by atoms with Gasteiger partial charge in [-0.1, -0.05) is 46.3 Å². The summed E-state index contributed by atoms with van der Waals surface area (Å²) < 4.78 is 2.17. The first-order valence-electron chi connectivity index (χ1n) is 6.62. The molecule has 0 unspecified atom stereocenters. The van der Waals surface area contributed by atoms with Crippen LogP contribution in [0.3, 0.4) is 0 Å². The Labute approximate surface area is 131 Å². The second-order valence-corrected chi connectivity index (χ2v) is 6.00. The SMILES string of the molecule is CCN(Cc1ccccc1)c1nc2sccn2c1CBr. The van der Waals surface area contributed by atoms with Crippen molar-refractivity contribution in [2.24, 2.45) is 0 Å². The van der Waals surface area contributed by atoms with E-state index in [4.69, 9.17) is 4.98 Å². The first-order valence-corrected chi connectivity index (χ1v) is 8.63. The van der Waals surface area contributed by atoms with Crippen LogP contribution in [0.2, 0.25) is 0 Å². The molecular weight excluding hydrogens is 334 g/mol. The minimum atomic E-state index is 0.811. The Morgan fingerprint density at radius 2 is 2.10 bits per heavy atom. The van der Waals surface area contributed by atoms with Gasteiger partial charge in [-0.15, -0.1) is 11.3 Å². The van der Waals surface area contributed by atoms with Crippen LogP contribution in [-0.2, 0) is 11.9 Å². The minimum absolute atomic E-state index is 0.811. The summed E-state index contributed by atoms with van der Waals surface area (Å²) in [4.78, 5) is 8.17. The second kappa shape index (κ2) is 5.97. The van der Waals surface area contributed by atoms with Crippen LogP contribution in [-0.4, -0.2) is 15.9 Å². The Morgan fingerprint density at radius 1 is 1.30 bits per heavy atom. The molecule has 0 saturated carbocycles. The molecular formula is C15H16BrN3S. The third kappa shape index (κ3) is 2.47. The second-order valence-electron chi connectivity index (χ2n) is 4.57. The van der Waals surface area contributed by atoms with Crippen LogP contribution in [0.15, 0.2) is 41.9 Å². The highest BCUT2D eigenvalue weighted by molar-refractivity contribution is 9.08. The molecule has 104 valence electrons. The van der Waals surface area contributed by atoms with Gasteiger partial charge < -0.3 is 4.90 Å². The Balaban J connectivity index is 1.96. The smallest absolute Gasteiger partial charge is 0.195 e. The summed E-state index contributed by atoms with van der Waals surface area (Å²) in [6, 6.07) is 10.5. The molecule has 3 nitrogen and oxygen atoms in total. The number of thiazole rings is 1. The molecule has 0 fully saturated rings. The Kier molecular flexibility index (Phi) is 4.08. The van der Waals surface area contributed by atoms with Gasteiger partial charge in [-0.2, -0.15) is 0 Å². The van der Waals surface area contributed by atoms with E-state index in [0.717, 1.165) is 29.2 Å². The molecule has 2 aromatic heterocycles. The van der Waals surface area contributed by atoms with Gasteiger partial charge in [0.05, 0.1) is 5.69 Å². The maximum atomic E-state index is 4.79. The van der Waals surface area contributed by atoms with Crippen LogP contribution in [0, 0.1) is 0 Å². The van der Waals surface area contributed by atoms with Gasteiger partial charge in [0.25, 0.3) is 0 Å². The Hall–Kier alpha value is -1.33. The van der Waals surface area contributed by atoms with Crippen LogP contribution in [0.5, 0.6) is 0 Å². The lowest BCUT2D eigenvalue weighted by molar-refractivity contribution is 0.812. The van der Waals surface area contributed by atoms with E-state index in [1.807, 2.05) is 0 Å². The number of aromatic nitrogens is 2. The predicted octanol–water partition coefficient (Wildman–Crippen LogP) is 4.32. The van der Waals surface area contributed by atoms with E-state index in [2.05, 4.69) is 74.1 Å². The summed E-state index contributed by atoms with van der Waals surface area (Å²) in [7, 11) is 0. The lowest BCUT2D eigenvalue weighted by Gasteiger charge is -2.21. The summed E-state index contributed by atoms with van der Waals surface area (Å²) in [6.07, 6.45) is 2.09. The summed E-state index contributed by atoms with van der Waals surface area (Å²) in [5.41, 5.74) is 2.53. The number of anilines is 1. The van der Waals surface area contributed by atoms with E-state index in [0.29, 0.717) is 0 Å². The molecule has 0 aliphatic heterocycles. The fourth-order valence-electron chi connectivity index (χ4n) is 2.34. The number of imidazole rings is 1. The third-order valence-electron chi connectivity index (χ3n) is 3.36. The molecule has 0 amide bonds. The minimum Gasteiger partial charge on any atom is -0.351 e. The zero-order valence-corrected chi connectivity index (χ0v) is 13.7. The zero-order chi connectivity index (χ0) is 13.9. The van der Waals surface area contributed by atoms with Gasteiger partial charge in [0, 0.05) is 30.0 Å². The highest BCUT2D eigenvalue weighted by atomic mass is 79.9. The van der Waals surface area contributed by atoms with Crippen LogP contribution in [0.25, 0.3) is 4.96 Å². The van der Waals surface area contributed by atoms with E-state index in [-0.39, 0.29) is 0 Å². The van der Waals surface area contributed by atoms with E-state index < -0.39 is 0 Å². The number of fused-ring (bicyclic) bond motifs is 1. The van der Waals surface area contributed by atoms with Crippen LogP contribution in [0.1, 0.15) is 18.2 Å². The van der Waals surface area contributed by atoms with Crippen molar-refractivity contribution < 1.29 is 0 Å². The Morgan fingerprint density at radius 3 is 2.80 bits per heavy atom. The van der Waals surface area contributed by atoms with E-state index >= 15 is 0 Å². The molecule has 1 aromatic carbocycles. The number of nitrogens with zero attached hydrogens (tertiary/aromatic N) is 3. The topological polar surface area (TPSA) is 20.5 Å². The first-order chi connectivity index (χ1) is 9.83. The van der Waals surface area contributed by atoms with E-state index in [1.54, 1.807) is 11.3 Å². The molecule has 0 aliphatic carbocycles. The van der Waals surface area contributed by atoms with Gasteiger partial charge in [-0.3, -0.25) is 4.40 Å². The maximum Gasteiger partial charge on any atom is 0.195 e. The predicted molar refractivity (Wildman–Crippen MR) is 88.9 cm³/mol. The zero-order valence-electron chi connectivity index (χ0n) is 11.3. The van der Waals surface area contributed by atoms with Crippen molar-refractivity contribution in [3.63, 3.8) is 0 Å². The van der Waals surface area contributed by atoms with Crippen LogP contribution < -0.4 is 4.90 Å². The van der Waals surface area contributed by atoms with E-state index in [9.17, 15) is 0 Å². The van der Waals surface area contributed by atoms with Crippen molar-refractivity contribution in [2.45, 2.75) is 18.8 Å². The molecule has 0 atom stereocenters. The molecule has 0 bridgehead atoms. The molecule has 2 heterocycles. The largest absolute Gasteiger partial charge is 0.351 e. The van der Waals surface area contributed by atoms with Gasteiger partial charge in [-0.25, -0.2) is 4.98 Å². The average Bonchev–Trinajstić information content (AvgIpc) is 3.06. The lowest BCUT2D eigenvalue weighted by atomic mass is 10.2. The molecule has 3 rings (SSSR count).